The highest BCUT2D eigenvalue weighted by molar-refractivity contribution is 6.30. The zero-order chi connectivity index (χ0) is 15.9. The lowest BCUT2D eigenvalue weighted by Gasteiger charge is -2.11. The third-order valence-electron chi connectivity index (χ3n) is 2.90. The molecule has 0 atom stereocenters. The second-order valence-electron chi connectivity index (χ2n) is 4.43. The van der Waals surface area contributed by atoms with E-state index in [4.69, 9.17) is 26.3 Å². The fraction of sp³-hybridized carbons (Fsp3) is 0.176. The lowest BCUT2D eigenvalue weighted by molar-refractivity contribution is 0.0919. The van der Waals surface area contributed by atoms with Crippen LogP contribution < -0.4 is 9.47 Å². The summed E-state index contributed by atoms with van der Waals surface area (Å²) < 4.78 is 10.9. The minimum atomic E-state index is -0.163. The maximum Gasteiger partial charge on any atom is 0.200 e. The molecule has 112 valence electrons. The SMILES string of the molecule is CCOc1cc(C#N)ccc1OCC(=O)c1ccc(Cl)cc1. The largest absolute Gasteiger partial charge is 0.490 e. The monoisotopic (exact) mass is 315 g/mol. The first-order valence-corrected chi connectivity index (χ1v) is 7.10. The number of ether oxygens (including phenoxy) is 2. The van der Waals surface area contributed by atoms with Crippen LogP contribution in [0.15, 0.2) is 42.5 Å². The van der Waals surface area contributed by atoms with Gasteiger partial charge in [0.2, 0.25) is 0 Å². The first-order chi connectivity index (χ1) is 10.6. The van der Waals surface area contributed by atoms with Crippen molar-refractivity contribution in [2.24, 2.45) is 0 Å². The Bertz CT molecular complexity index is 705. The first-order valence-electron chi connectivity index (χ1n) is 6.72. The molecule has 0 amide bonds. The quantitative estimate of drug-likeness (QED) is 0.759. The third kappa shape index (κ3) is 4.00. The van der Waals surface area contributed by atoms with Gasteiger partial charge in [0.1, 0.15) is 0 Å². The second kappa shape index (κ2) is 7.48. The van der Waals surface area contributed by atoms with Crippen LogP contribution in [0, 0.1) is 11.3 Å². The Morgan fingerprint density at radius 2 is 1.86 bits per heavy atom. The van der Waals surface area contributed by atoms with Crippen molar-refractivity contribution in [3.8, 4) is 17.6 Å². The number of carbonyl (C=O) groups is 1. The molecular formula is C17H14ClNO3. The molecule has 0 fully saturated rings. The molecule has 2 rings (SSSR count). The van der Waals surface area contributed by atoms with Crippen LogP contribution in [0.2, 0.25) is 5.02 Å². The third-order valence-corrected chi connectivity index (χ3v) is 3.15. The van der Waals surface area contributed by atoms with E-state index < -0.39 is 0 Å². The lowest BCUT2D eigenvalue weighted by atomic mass is 10.1. The minimum Gasteiger partial charge on any atom is -0.490 e. The molecule has 5 heteroatoms. The van der Waals surface area contributed by atoms with Crippen molar-refractivity contribution < 1.29 is 14.3 Å². The summed E-state index contributed by atoms with van der Waals surface area (Å²) in [6.45, 7) is 2.16. The fourth-order valence-electron chi connectivity index (χ4n) is 1.83. The van der Waals surface area contributed by atoms with E-state index in [1.165, 1.54) is 0 Å². The standard InChI is InChI=1S/C17H14ClNO3/c1-2-21-17-9-12(10-19)3-8-16(17)22-11-15(20)13-4-6-14(18)7-5-13/h3-9H,2,11H2,1H3. The Morgan fingerprint density at radius 3 is 2.50 bits per heavy atom. The van der Waals surface area contributed by atoms with Crippen LogP contribution in [-0.4, -0.2) is 19.0 Å². The molecule has 0 radical (unpaired) electrons. The molecule has 0 saturated carbocycles. The average Bonchev–Trinajstić information content (AvgIpc) is 2.54. The fourth-order valence-corrected chi connectivity index (χ4v) is 1.95. The molecule has 0 unspecified atom stereocenters. The van der Waals surface area contributed by atoms with E-state index in [9.17, 15) is 4.79 Å². The van der Waals surface area contributed by atoms with Crippen LogP contribution in [0.25, 0.3) is 0 Å². The predicted molar refractivity (Wildman–Crippen MR) is 83.6 cm³/mol. The Balaban J connectivity index is 2.09. The molecule has 0 aromatic heterocycles. The van der Waals surface area contributed by atoms with Crippen molar-refractivity contribution in [3.05, 3.63) is 58.6 Å². The number of ketones is 1. The average molecular weight is 316 g/mol. The highest BCUT2D eigenvalue weighted by atomic mass is 35.5. The van der Waals surface area contributed by atoms with Crippen molar-refractivity contribution in [1.82, 2.24) is 0 Å². The van der Waals surface area contributed by atoms with E-state index in [0.717, 1.165) is 0 Å². The van der Waals surface area contributed by atoms with E-state index in [2.05, 4.69) is 0 Å². The lowest BCUT2D eigenvalue weighted by Crippen LogP contribution is -2.12. The van der Waals surface area contributed by atoms with Gasteiger partial charge in [0.15, 0.2) is 23.9 Å². The predicted octanol–water partition coefficient (Wildman–Crippen LogP) is 3.87. The second-order valence-corrected chi connectivity index (χ2v) is 4.86. The Kier molecular flexibility index (Phi) is 5.40. The van der Waals surface area contributed by atoms with E-state index in [0.29, 0.717) is 34.3 Å². The van der Waals surface area contributed by atoms with Gasteiger partial charge in [-0.15, -0.1) is 0 Å². The van der Waals surface area contributed by atoms with Gasteiger partial charge < -0.3 is 9.47 Å². The summed E-state index contributed by atoms with van der Waals surface area (Å²) in [5, 5.41) is 9.47. The molecular weight excluding hydrogens is 302 g/mol. The number of Topliss-reactive ketones (excluding diaryl/α,β-unsaturated/α-hetero) is 1. The van der Waals surface area contributed by atoms with E-state index in [-0.39, 0.29) is 12.4 Å². The topological polar surface area (TPSA) is 59.3 Å². The maximum atomic E-state index is 12.1. The van der Waals surface area contributed by atoms with Gasteiger partial charge in [-0.3, -0.25) is 4.79 Å². The summed E-state index contributed by atoms with van der Waals surface area (Å²) in [5.74, 6) is 0.720. The van der Waals surface area contributed by atoms with Crippen LogP contribution in [0.3, 0.4) is 0 Å². The molecule has 0 spiro atoms. The molecule has 2 aromatic carbocycles. The van der Waals surface area contributed by atoms with Crippen LogP contribution >= 0.6 is 11.6 Å². The zero-order valence-electron chi connectivity index (χ0n) is 12.0. The number of hydrogen-bond acceptors (Lipinski definition) is 4. The molecule has 0 heterocycles. The highest BCUT2D eigenvalue weighted by Gasteiger charge is 2.11. The Hall–Kier alpha value is -2.51. The molecule has 0 aliphatic carbocycles. The summed E-state index contributed by atoms with van der Waals surface area (Å²) in [6.07, 6.45) is 0. The smallest absolute Gasteiger partial charge is 0.200 e. The number of halogens is 1. The van der Waals surface area contributed by atoms with Crippen LogP contribution in [0.1, 0.15) is 22.8 Å². The normalized spacial score (nSPS) is 9.86. The van der Waals surface area contributed by atoms with Crippen LogP contribution in [0.4, 0.5) is 0 Å². The van der Waals surface area contributed by atoms with E-state index >= 15 is 0 Å². The van der Waals surface area contributed by atoms with Crippen molar-refractivity contribution in [3.63, 3.8) is 0 Å². The Morgan fingerprint density at radius 1 is 1.14 bits per heavy atom. The first kappa shape index (κ1) is 15.9. The summed E-state index contributed by atoms with van der Waals surface area (Å²) in [7, 11) is 0. The van der Waals surface area contributed by atoms with Gasteiger partial charge >= 0.3 is 0 Å². The molecule has 2 aromatic rings. The van der Waals surface area contributed by atoms with Gasteiger partial charge in [-0.2, -0.15) is 5.26 Å². The van der Waals surface area contributed by atoms with Gasteiger partial charge in [0, 0.05) is 16.7 Å². The summed E-state index contributed by atoms with van der Waals surface area (Å²) in [4.78, 5) is 12.1. The molecule has 4 nitrogen and oxygen atoms in total. The maximum absolute atomic E-state index is 12.1. The number of nitriles is 1. The van der Waals surface area contributed by atoms with Crippen molar-refractivity contribution in [2.45, 2.75) is 6.92 Å². The molecule has 0 bridgehead atoms. The van der Waals surface area contributed by atoms with Crippen molar-refractivity contribution in [2.75, 3.05) is 13.2 Å². The number of nitrogens with zero attached hydrogens (tertiary/aromatic N) is 1. The summed E-state index contributed by atoms with van der Waals surface area (Å²) in [6, 6.07) is 13.5. The number of hydrogen-bond donors (Lipinski definition) is 0. The van der Waals surface area contributed by atoms with Gasteiger partial charge in [0.25, 0.3) is 0 Å². The number of rotatable bonds is 6. The molecule has 0 saturated heterocycles. The van der Waals surface area contributed by atoms with Crippen LogP contribution in [0.5, 0.6) is 11.5 Å². The Labute approximate surface area is 133 Å². The van der Waals surface area contributed by atoms with Crippen molar-refractivity contribution >= 4 is 17.4 Å². The van der Waals surface area contributed by atoms with Gasteiger partial charge in [-0.25, -0.2) is 0 Å². The van der Waals surface area contributed by atoms with Gasteiger partial charge in [0.05, 0.1) is 18.2 Å². The molecule has 0 aliphatic rings. The molecule has 0 aliphatic heterocycles. The van der Waals surface area contributed by atoms with Gasteiger partial charge in [-0.1, -0.05) is 11.6 Å². The van der Waals surface area contributed by atoms with Crippen LogP contribution in [-0.2, 0) is 0 Å². The highest BCUT2D eigenvalue weighted by Crippen LogP contribution is 2.28. The minimum absolute atomic E-state index is 0.117. The number of benzene rings is 2. The van der Waals surface area contributed by atoms with E-state index in [1.54, 1.807) is 42.5 Å². The van der Waals surface area contributed by atoms with E-state index in [1.807, 2.05) is 13.0 Å². The molecule has 0 N–H and O–H groups in total. The van der Waals surface area contributed by atoms with Gasteiger partial charge in [-0.05, 0) is 43.3 Å². The number of carbonyl (C=O) groups excluding carboxylic acids is 1. The van der Waals surface area contributed by atoms with Crippen molar-refractivity contribution in [1.29, 1.82) is 5.26 Å². The summed E-state index contributed by atoms with van der Waals surface area (Å²) in [5.41, 5.74) is 0.996. The summed E-state index contributed by atoms with van der Waals surface area (Å²) >= 11 is 5.79. The zero-order valence-corrected chi connectivity index (χ0v) is 12.8. The molecule has 22 heavy (non-hydrogen) atoms.